The number of hydrogen-bond donors (Lipinski definition) is 3. The molecule has 0 aliphatic rings. The number of halogens is 3. The molecule has 5 nitrogen and oxygen atoms in total. The minimum atomic E-state index is -4.18. The van der Waals surface area contributed by atoms with E-state index in [9.17, 15) is 22.8 Å². The van der Waals surface area contributed by atoms with Crippen LogP contribution in [0.4, 0.5) is 18.0 Å². The summed E-state index contributed by atoms with van der Waals surface area (Å²) in [6.45, 7) is 5.50. The predicted molar refractivity (Wildman–Crippen MR) is 71.9 cm³/mol. The fraction of sp³-hybridized carbons (Fsp3) is 0.846. The summed E-state index contributed by atoms with van der Waals surface area (Å²) in [5, 5.41) is 13.8. The minimum Gasteiger partial charge on any atom is -0.481 e. The highest BCUT2D eigenvalue weighted by Gasteiger charge is 2.28. The molecule has 0 aromatic heterocycles. The van der Waals surface area contributed by atoms with Gasteiger partial charge in [-0.15, -0.1) is 0 Å². The molecule has 0 saturated heterocycles. The molecule has 1 atom stereocenters. The molecule has 0 bridgehead atoms. The van der Waals surface area contributed by atoms with Crippen LogP contribution in [0.2, 0.25) is 0 Å². The van der Waals surface area contributed by atoms with Crippen molar-refractivity contribution in [3.05, 3.63) is 0 Å². The van der Waals surface area contributed by atoms with Crippen molar-refractivity contribution in [2.24, 2.45) is 5.41 Å². The number of carboxylic acid groups (broad SMARTS) is 1. The average Bonchev–Trinajstić information content (AvgIpc) is 2.24. The molecule has 0 saturated carbocycles. The number of aliphatic carboxylic acids is 1. The number of alkyl halides is 3. The van der Waals surface area contributed by atoms with Gasteiger partial charge in [-0.25, -0.2) is 4.79 Å². The molecule has 0 heterocycles. The summed E-state index contributed by atoms with van der Waals surface area (Å²) < 4.78 is 35.7. The van der Waals surface area contributed by atoms with Gasteiger partial charge in [0.2, 0.25) is 0 Å². The zero-order chi connectivity index (χ0) is 16.7. The van der Waals surface area contributed by atoms with Crippen LogP contribution < -0.4 is 10.6 Å². The Labute approximate surface area is 122 Å². The first-order valence-electron chi connectivity index (χ1n) is 6.75. The molecule has 2 amide bonds. The van der Waals surface area contributed by atoms with Gasteiger partial charge in [-0.2, -0.15) is 13.2 Å². The van der Waals surface area contributed by atoms with Crippen LogP contribution in [0.25, 0.3) is 0 Å². The maximum Gasteiger partial charge on any atom is 0.389 e. The Morgan fingerprint density at radius 1 is 1.14 bits per heavy atom. The van der Waals surface area contributed by atoms with Crippen LogP contribution in [0.5, 0.6) is 0 Å². The normalized spacial score (nSPS) is 13.6. The Morgan fingerprint density at radius 3 is 2.14 bits per heavy atom. The number of carboxylic acids is 1. The topological polar surface area (TPSA) is 78.4 Å². The molecule has 0 spiro atoms. The third-order valence-corrected chi connectivity index (χ3v) is 2.90. The van der Waals surface area contributed by atoms with E-state index in [1.54, 1.807) is 20.8 Å². The van der Waals surface area contributed by atoms with Crippen LogP contribution in [-0.2, 0) is 4.79 Å². The van der Waals surface area contributed by atoms with Gasteiger partial charge in [0.05, 0.1) is 6.42 Å². The summed E-state index contributed by atoms with van der Waals surface area (Å²) in [6.07, 6.45) is -5.11. The van der Waals surface area contributed by atoms with E-state index in [0.29, 0.717) is 0 Å². The molecule has 0 aliphatic carbocycles. The van der Waals surface area contributed by atoms with Crippen molar-refractivity contribution in [3.8, 4) is 0 Å². The van der Waals surface area contributed by atoms with Crippen LogP contribution in [0, 0.1) is 5.41 Å². The number of urea groups is 1. The van der Waals surface area contributed by atoms with Crippen molar-refractivity contribution in [1.82, 2.24) is 10.6 Å². The van der Waals surface area contributed by atoms with Crippen molar-refractivity contribution in [2.45, 2.75) is 58.7 Å². The van der Waals surface area contributed by atoms with Crippen molar-refractivity contribution in [2.75, 3.05) is 6.54 Å². The average molecular weight is 312 g/mol. The lowest BCUT2D eigenvalue weighted by Gasteiger charge is -2.30. The van der Waals surface area contributed by atoms with Gasteiger partial charge in [0, 0.05) is 19.0 Å². The number of nitrogens with one attached hydrogen (secondary N) is 2. The van der Waals surface area contributed by atoms with Crippen LogP contribution in [-0.4, -0.2) is 35.9 Å². The molecule has 1 unspecified atom stereocenters. The quantitative estimate of drug-likeness (QED) is 0.632. The summed E-state index contributed by atoms with van der Waals surface area (Å²) in [5.41, 5.74) is -0.438. The second kappa shape index (κ2) is 8.09. The van der Waals surface area contributed by atoms with Crippen LogP contribution in [0.15, 0.2) is 0 Å². The van der Waals surface area contributed by atoms with E-state index in [-0.39, 0.29) is 25.8 Å². The van der Waals surface area contributed by atoms with Gasteiger partial charge in [-0.1, -0.05) is 20.8 Å². The summed E-state index contributed by atoms with van der Waals surface area (Å²) >= 11 is 0. The number of rotatable bonds is 7. The van der Waals surface area contributed by atoms with E-state index < -0.39 is 36.1 Å². The van der Waals surface area contributed by atoms with Crippen LogP contribution in [0.3, 0.4) is 0 Å². The van der Waals surface area contributed by atoms with E-state index in [1.165, 1.54) is 0 Å². The minimum absolute atomic E-state index is 0.0540. The first-order valence-corrected chi connectivity index (χ1v) is 6.75. The lowest BCUT2D eigenvalue weighted by Crippen LogP contribution is -2.49. The lowest BCUT2D eigenvalue weighted by molar-refractivity contribution is -0.138. The van der Waals surface area contributed by atoms with Crippen molar-refractivity contribution in [3.63, 3.8) is 0 Å². The van der Waals surface area contributed by atoms with E-state index >= 15 is 0 Å². The smallest absolute Gasteiger partial charge is 0.389 e. The predicted octanol–water partition coefficient (Wildman–Crippen LogP) is 2.91. The van der Waals surface area contributed by atoms with Gasteiger partial charge >= 0.3 is 18.2 Å². The summed E-state index contributed by atoms with van der Waals surface area (Å²) in [6, 6.07) is -1.13. The number of amides is 2. The first kappa shape index (κ1) is 19.5. The first-order chi connectivity index (χ1) is 9.42. The van der Waals surface area contributed by atoms with E-state index in [4.69, 9.17) is 5.11 Å². The molecule has 8 heteroatoms. The largest absolute Gasteiger partial charge is 0.481 e. The molecule has 21 heavy (non-hydrogen) atoms. The van der Waals surface area contributed by atoms with Gasteiger partial charge in [-0.05, 0) is 18.3 Å². The Hall–Kier alpha value is -1.47. The fourth-order valence-corrected chi connectivity index (χ4v) is 1.61. The standard InChI is InChI=1S/C13H23F3N2O3/c1-12(2,3)9(8-10(19)20)18-11(21)17-7-5-4-6-13(14,15)16/h9H,4-8H2,1-3H3,(H,19,20)(H2,17,18,21). The molecule has 3 N–H and O–H groups in total. The Kier molecular flexibility index (Phi) is 7.52. The second-order valence-electron chi connectivity index (χ2n) is 5.99. The molecular formula is C13H23F3N2O3. The van der Waals surface area contributed by atoms with Crippen LogP contribution in [0.1, 0.15) is 46.5 Å². The van der Waals surface area contributed by atoms with Gasteiger partial charge < -0.3 is 15.7 Å². The van der Waals surface area contributed by atoms with Gasteiger partial charge in [0.1, 0.15) is 0 Å². The van der Waals surface area contributed by atoms with Gasteiger partial charge in [0.25, 0.3) is 0 Å². The number of carbonyl (C=O) groups excluding carboxylic acids is 1. The number of unbranched alkanes of at least 4 members (excludes halogenated alkanes) is 1. The molecule has 0 aliphatic heterocycles. The highest BCUT2D eigenvalue weighted by atomic mass is 19.4. The van der Waals surface area contributed by atoms with Crippen molar-refractivity contribution >= 4 is 12.0 Å². The number of hydrogen-bond acceptors (Lipinski definition) is 2. The van der Waals surface area contributed by atoms with E-state index in [1.807, 2.05) is 0 Å². The summed E-state index contributed by atoms with van der Waals surface area (Å²) in [5.74, 6) is -1.03. The third kappa shape index (κ3) is 10.9. The van der Waals surface area contributed by atoms with Gasteiger partial charge in [-0.3, -0.25) is 4.79 Å². The zero-order valence-corrected chi connectivity index (χ0v) is 12.5. The fourth-order valence-electron chi connectivity index (χ4n) is 1.61. The monoisotopic (exact) mass is 312 g/mol. The SMILES string of the molecule is CC(C)(C)C(CC(=O)O)NC(=O)NCCCCC(F)(F)F. The summed E-state index contributed by atoms with van der Waals surface area (Å²) in [4.78, 5) is 22.4. The van der Waals surface area contributed by atoms with Crippen molar-refractivity contribution < 1.29 is 27.9 Å². The maximum absolute atomic E-state index is 11.9. The molecule has 0 aromatic carbocycles. The van der Waals surface area contributed by atoms with Crippen molar-refractivity contribution in [1.29, 1.82) is 0 Å². The van der Waals surface area contributed by atoms with Gasteiger partial charge in [0.15, 0.2) is 0 Å². The highest BCUT2D eigenvalue weighted by Crippen LogP contribution is 2.22. The Balaban J connectivity index is 4.07. The molecule has 0 rings (SSSR count). The maximum atomic E-state index is 11.9. The Bertz CT molecular complexity index is 352. The summed E-state index contributed by atoms with van der Waals surface area (Å²) in [7, 11) is 0. The third-order valence-electron chi connectivity index (χ3n) is 2.90. The number of carbonyl (C=O) groups is 2. The van der Waals surface area contributed by atoms with Crippen LogP contribution >= 0.6 is 0 Å². The van der Waals surface area contributed by atoms with E-state index in [0.717, 1.165) is 0 Å². The molecule has 0 fully saturated rings. The zero-order valence-electron chi connectivity index (χ0n) is 12.5. The van der Waals surface area contributed by atoms with E-state index in [2.05, 4.69) is 10.6 Å². The Morgan fingerprint density at radius 2 is 1.71 bits per heavy atom. The molecule has 0 radical (unpaired) electrons. The lowest BCUT2D eigenvalue weighted by atomic mass is 9.85. The molecule has 124 valence electrons. The second-order valence-corrected chi connectivity index (χ2v) is 5.99. The highest BCUT2D eigenvalue weighted by molar-refractivity contribution is 5.75. The molecular weight excluding hydrogens is 289 g/mol. The molecule has 0 aromatic rings.